The number of carbonyl (C=O) groups excluding carboxylic acids is 4. The summed E-state index contributed by atoms with van der Waals surface area (Å²) in [6.45, 7) is 14.5. The van der Waals surface area contributed by atoms with Gasteiger partial charge in [-0.25, -0.2) is 9.59 Å². The highest BCUT2D eigenvalue weighted by atomic mass is 16.7. The maximum atomic E-state index is 13.5. The number of amides is 1. The quantitative estimate of drug-likeness (QED) is 0.0963. The van der Waals surface area contributed by atoms with Gasteiger partial charge in [-0.15, -0.1) is 0 Å². The van der Waals surface area contributed by atoms with E-state index in [1.807, 2.05) is 65.2 Å². The van der Waals surface area contributed by atoms with Crippen molar-refractivity contribution in [2.75, 3.05) is 27.3 Å². The summed E-state index contributed by atoms with van der Waals surface area (Å²) < 4.78 is 27.3. The number of carbonyl (C=O) groups is 5. The predicted octanol–water partition coefficient (Wildman–Crippen LogP) is 7.01. The summed E-state index contributed by atoms with van der Waals surface area (Å²) in [6.07, 6.45) is 13.0. The monoisotopic (exact) mass is 938 g/mol. The van der Waals surface area contributed by atoms with E-state index in [0.717, 1.165) is 29.5 Å². The minimum absolute atomic E-state index is 0.0195. The highest BCUT2D eigenvalue weighted by Gasteiger charge is 2.51. The number of benzene rings is 1. The lowest BCUT2D eigenvalue weighted by Gasteiger charge is -2.35. The molecule has 1 amide bonds. The summed E-state index contributed by atoms with van der Waals surface area (Å²) in [5.74, 6) is -2.96. The van der Waals surface area contributed by atoms with Crippen LogP contribution in [0, 0.1) is 17.8 Å². The molecule has 372 valence electrons. The summed E-state index contributed by atoms with van der Waals surface area (Å²) in [7, 11) is 4.07. The molecular weight excluding hydrogens is 863 g/mol. The molecule has 0 saturated carbocycles. The van der Waals surface area contributed by atoms with Crippen molar-refractivity contribution in [1.29, 1.82) is 0 Å². The Morgan fingerprint density at radius 2 is 1.72 bits per heavy atom. The number of carboxylic acids is 1. The van der Waals surface area contributed by atoms with Crippen molar-refractivity contribution in [2.45, 2.75) is 136 Å². The van der Waals surface area contributed by atoms with Crippen molar-refractivity contribution in [2.24, 2.45) is 29.2 Å². The number of aliphatic carboxylic acids is 1. The van der Waals surface area contributed by atoms with E-state index < -0.39 is 65.5 Å². The van der Waals surface area contributed by atoms with Crippen molar-refractivity contribution in [3.63, 3.8) is 0 Å². The first kappa shape index (κ1) is 57.3. The second-order valence-electron chi connectivity index (χ2n) is 17.6. The molecule has 0 aliphatic carbocycles. The Kier molecular flexibility index (Phi) is 24.3. The Balaban J connectivity index is 0.000000541. The fourth-order valence-corrected chi connectivity index (χ4v) is 7.93. The third-order valence-electron chi connectivity index (χ3n) is 11.5. The second-order valence-corrected chi connectivity index (χ2v) is 17.6. The minimum atomic E-state index is -1.20. The number of carboxylic acid groups (broad SMARTS) is 1. The van der Waals surface area contributed by atoms with Crippen molar-refractivity contribution in [3.05, 3.63) is 89.9 Å². The third-order valence-corrected chi connectivity index (χ3v) is 11.5. The highest BCUT2D eigenvalue weighted by molar-refractivity contribution is 5.85. The molecule has 17 heteroatoms. The van der Waals surface area contributed by atoms with Gasteiger partial charge in [0.2, 0.25) is 0 Å². The topological polar surface area (TPSA) is 252 Å². The number of Topliss-reactive ketones (excluding diaryl/α,β-unsaturated/α-hetero) is 1. The zero-order valence-electron chi connectivity index (χ0n) is 40.9. The zero-order valence-corrected chi connectivity index (χ0v) is 40.9. The number of aromatic nitrogens is 1. The lowest BCUT2D eigenvalue weighted by molar-refractivity contribution is -0.172. The van der Waals surface area contributed by atoms with Crippen LogP contribution in [0.5, 0.6) is 0 Å². The zero-order chi connectivity index (χ0) is 50.3. The average molecular weight is 938 g/mol. The van der Waals surface area contributed by atoms with Gasteiger partial charge in [-0.2, -0.15) is 0 Å². The Bertz CT molecular complexity index is 1950. The summed E-state index contributed by atoms with van der Waals surface area (Å²) in [6, 6.07) is 10.7. The molecule has 2 aromatic rings. The largest absolute Gasteiger partial charge is 0.509 e. The molecule has 0 spiro atoms. The number of hydrogen-bond acceptors (Lipinski definition) is 15. The number of nitrogens with two attached hydrogens (primary N) is 2. The van der Waals surface area contributed by atoms with E-state index in [4.69, 9.17) is 40.3 Å². The van der Waals surface area contributed by atoms with Crippen LogP contribution in [0.3, 0.4) is 0 Å². The van der Waals surface area contributed by atoms with E-state index in [2.05, 4.69) is 15.2 Å². The smallest absolute Gasteiger partial charge is 0.481 e. The van der Waals surface area contributed by atoms with Gasteiger partial charge in [0.15, 0.2) is 11.9 Å². The molecule has 3 fully saturated rings. The molecular formula is C50H75N5O12. The number of aliphatic hydroxyl groups is 1. The van der Waals surface area contributed by atoms with E-state index >= 15 is 0 Å². The van der Waals surface area contributed by atoms with Crippen molar-refractivity contribution in [1.82, 2.24) is 15.2 Å². The van der Waals surface area contributed by atoms with Gasteiger partial charge in [0.25, 0.3) is 0 Å². The van der Waals surface area contributed by atoms with Gasteiger partial charge in [-0.05, 0) is 114 Å². The van der Waals surface area contributed by atoms with E-state index in [1.54, 1.807) is 77.4 Å². The molecule has 2 unspecified atom stereocenters. The van der Waals surface area contributed by atoms with E-state index in [1.165, 1.54) is 6.20 Å². The van der Waals surface area contributed by atoms with Gasteiger partial charge in [0.1, 0.15) is 24.6 Å². The SMILES string of the molecule is CC.CC1CCC[C@](C)(OC(=O)OC/C=C/c2ccc(/C(N)=C/C=C\N)cc2)C[C@@H](C)C(=O)[C@H](C)[C@H]2NC(=O)O[C@]2(C)COC1=O.C[C@@H]1C[C@H](N(C)C)CC(O)O1.O=C(O)Cc1cccnc1. The third kappa shape index (κ3) is 19.9. The lowest BCUT2D eigenvalue weighted by atomic mass is 9.78. The van der Waals surface area contributed by atoms with Gasteiger partial charge in [-0.1, -0.05) is 71.0 Å². The van der Waals surface area contributed by atoms with Crippen LogP contribution in [0.25, 0.3) is 11.8 Å². The molecule has 5 rings (SSSR count). The standard InChI is InChI=1S/C33H45N3O8.C8H17NO2.C7H7NO2.C2H6/c1-21-9-6-16-32(4,19-22(2)27(37)23(3)28-33(5,20-42-29(21)38)43-30(39)36-28)44-31(40)41-18-8-10-24-12-14-25(15-13-24)26(35)11-7-17-34;1-6-4-7(9(2)3)5-8(10)11-6;9-7(10)4-6-2-1-3-8-5-6;1-2/h7-8,10-15,17,21-23,28H,6,9,16,18-20,34-35H2,1-5H3,(H,36,39);6-8,10H,4-5H2,1-3H3;1-3,5H,4H2,(H,9,10);1-2H3/b10-8+,17-7-,26-11-;;;/t21?,22-,23+,28-,32+,33-;6-,7+,8?;;/m11../s1. The summed E-state index contributed by atoms with van der Waals surface area (Å²) >= 11 is 0. The number of cyclic esters (lactones) is 1. The molecule has 7 N–H and O–H groups in total. The maximum Gasteiger partial charge on any atom is 0.509 e. The minimum Gasteiger partial charge on any atom is -0.481 e. The van der Waals surface area contributed by atoms with Crippen molar-refractivity contribution < 1.29 is 57.9 Å². The molecule has 1 aromatic carbocycles. The van der Waals surface area contributed by atoms with Crippen LogP contribution in [0.4, 0.5) is 9.59 Å². The molecule has 0 radical (unpaired) electrons. The number of ketones is 1. The predicted molar refractivity (Wildman–Crippen MR) is 256 cm³/mol. The van der Waals surface area contributed by atoms with E-state index in [9.17, 15) is 29.1 Å². The van der Waals surface area contributed by atoms with Crippen molar-refractivity contribution in [3.8, 4) is 0 Å². The molecule has 9 atom stereocenters. The number of rotatable bonds is 9. The number of nitrogens with one attached hydrogen (secondary N) is 1. The lowest BCUT2D eigenvalue weighted by Crippen LogP contribution is -2.52. The van der Waals surface area contributed by atoms with Crippen LogP contribution in [-0.4, -0.2) is 113 Å². The molecule has 4 heterocycles. The molecule has 3 aliphatic heterocycles. The number of aliphatic hydroxyl groups excluding tert-OH is 1. The fourth-order valence-electron chi connectivity index (χ4n) is 7.93. The molecule has 0 bridgehead atoms. The number of nitrogens with zero attached hydrogens (tertiary/aromatic N) is 2. The van der Waals surface area contributed by atoms with E-state index in [-0.39, 0.29) is 37.9 Å². The van der Waals surface area contributed by atoms with Crippen LogP contribution < -0.4 is 16.8 Å². The number of hydrogen-bond donors (Lipinski definition) is 5. The Hall–Kier alpha value is -5.78. The van der Waals surface area contributed by atoms with Crippen LogP contribution in [0.2, 0.25) is 0 Å². The second kappa shape index (κ2) is 28.4. The number of allylic oxidation sites excluding steroid dienone is 2. The first-order chi connectivity index (χ1) is 31.6. The summed E-state index contributed by atoms with van der Waals surface area (Å²) in [4.78, 5) is 67.2. The molecule has 3 aliphatic rings. The number of alkyl carbamates (subject to hydrolysis) is 1. The van der Waals surface area contributed by atoms with Crippen LogP contribution in [0.15, 0.2) is 73.2 Å². The van der Waals surface area contributed by atoms with Gasteiger partial charge < -0.3 is 55.6 Å². The number of fused-ring (bicyclic) bond motifs is 1. The number of ether oxygens (including phenoxy) is 5. The molecule has 3 saturated heterocycles. The fraction of sp³-hybridized carbons (Fsp3) is 0.560. The van der Waals surface area contributed by atoms with Gasteiger partial charge in [0.05, 0.1) is 24.5 Å². The van der Waals surface area contributed by atoms with E-state index in [0.29, 0.717) is 31.0 Å². The molecule has 1 aromatic heterocycles. The number of pyridine rings is 1. The van der Waals surface area contributed by atoms with Crippen LogP contribution in [0.1, 0.15) is 111 Å². The Morgan fingerprint density at radius 1 is 1.03 bits per heavy atom. The Labute approximate surface area is 396 Å². The summed E-state index contributed by atoms with van der Waals surface area (Å²) in [5.41, 5.74) is 12.2. The first-order valence-electron chi connectivity index (χ1n) is 22.9. The van der Waals surface area contributed by atoms with Gasteiger partial charge in [-0.3, -0.25) is 19.4 Å². The van der Waals surface area contributed by atoms with Gasteiger partial charge in [0, 0.05) is 42.4 Å². The summed E-state index contributed by atoms with van der Waals surface area (Å²) in [5, 5.41) is 20.3. The normalized spacial score (nSPS) is 28.1. The Morgan fingerprint density at radius 3 is 2.31 bits per heavy atom. The highest BCUT2D eigenvalue weighted by Crippen LogP contribution is 2.35. The van der Waals surface area contributed by atoms with Gasteiger partial charge >= 0.3 is 24.2 Å². The van der Waals surface area contributed by atoms with Crippen LogP contribution in [-0.2, 0) is 44.5 Å². The first-order valence-corrected chi connectivity index (χ1v) is 22.9. The maximum absolute atomic E-state index is 13.5. The molecule has 67 heavy (non-hydrogen) atoms. The molecule has 17 nitrogen and oxygen atoms in total. The van der Waals surface area contributed by atoms with Crippen molar-refractivity contribution >= 4 is 41.7 Å². The average Bonchev–Trinajstić information content (AvgIpc) is 3.59. The van der Waals surface area contributed by atoms with Crippen LogP contribution >= 0.6 is 0 Å². The number of esters is 1.